The first-order valence-corrected chi connectivity index (χ1v) is 6.45. The summed E-state index contributed by atoms with van der Waals surface area (Å²) in [5, 5.41) is 6.56. The zero-order chi connectivity index (χ0) is 12.7. The lowest BCUT2D eigenvalue weighted by Crippen LogP contribution is -2.10. The molecule has 0 aliphatic rings. The van der Waals surface area contributed by atoms with Gasteiger partial charge in [0.05, 0.1) is 0 Å². The molecule has 96 valence electrons. The van der Waals surface area contributed by atoms with Gasteiger partial charge in [0.25, 0.3) is 0 Å². The van der Waals surface area contributed by atoms with E-state index in [-0.39, 0.29) is 0 Å². The minimum atomic E-state index is 0.699. The molecule has 1 aromatic rings. The van der Waals surface area contributed by atoms with E-state index >= 15 is 0 Å². The standard InChI is InChI=1S/C13H24N4/c1-5-7-14-12-9-11(4)16-13(17-12)15-8-6-10(2)3/h9-10H,5-8H2,1-4H3,(H2,14,15,16,17). The van der Waals surface area contributed by atoms with E-state index in [0.717, 1.165) is 43.4 Å². The summed E-state index contributed by atoms with van der Waals surface area (Å²) in [5.41, 5.74) is 0.991. The third kappa shape index (κ3) is 5.52. The van der Waals surface area contributed by atoms with Gasteiger partial charge in [0.15, 0.2) is 0 Å². The topological polar surface area (TPSA) is 49.8 Å². The zero-order valence-corrected chi connectivity index (χ0v) is 11.4. The first-order chi connectivity index (χ1) is 8.11. The molecule has 17 heavy (non-hydrogen) atoms. The minimum Gasteiger partial charge on any atom is -0.370 e. The summed E-state index contributed by atoms with van der Waals surface area (Å²) in [6.45, 7) is 10.4. The van der Waals surface area contributed by atoms with Crippen molar-refractivity contribution < 1.29 is 0 Å². The van der Waals surface area contributed by atoms with Gasteiger partial charge in [0.2, 0.25) is 5.95 Å². The molecule has 0 spiro atoms. The molecule has 4 heteroatoms. The van der Waals surface area contributed by atoms with Gasteiger partial charge in [-0.1, -0.05) is 20.8 Å². The summed E-state index contributed by atoms with van der Waals surface area (Å²) < 4.78 is 0. The molecular weight excluding hydrogens is 212 g/mol. The van der Waals surface area contributed by atoms with Crippen LogP contribution in [0.2, 0.25) is 0 Å². The second kappa shape index (κ2) is 7.09. The molecule has 0 bridgehead atoms. The predicted octanol–water partition coefficient (Wildman–Crippen LogP) is 3.06. The van der Waals surface area contributed by atoms with Crippen LogP contribution in [-0.4, -0.2) is 23.1 Å². The van der Waals surface area contributed by atoms with Crippen molar-refractivity contribution >= 4 is 11.8 Å². The van der Waals surface area contributed by atoms with E-state index in [2.05, 4.69) is 41.4 Å². The predicted molar refractivity (Wildman–Crippen MR) is 73.5 cm³/mol. The summed E-state index contributed by atoms with van der Waals surface area (Å²) in [7, 11) is 0. The van der Waals surface area contributed by atoms with Crippen LogP contribution in [0.25, 0.3) is 0 Å². The van der Waals surface area contributed by atoms with Crippen LogP contribution in [0.1, 0.15) is 39.3 Å². The van der Waals surface area contributed by atoms with Crippen molar-refractivity contribution in [1.29, 1.82) is 0 Å². The molecular formula is C13H24N4. The third-order valence-corrected chi connectivity index (χ3v) is 2.42. The zero-order valence-electron chi connectivity index (χ0n) is 11.4. The SMILES string of the molecule is CCCNc1cc(C)nc(NCCC(C)C)n1. The molecule has 0 aromatic carbocycles. The maximum absolute atomic E-state index is 4.43. The fraction of sp³-hybridized carbons (Fsp3) is 0.692. The van der Waals surface area contributed by atoms with Crippen molar-refractivity contribution in [2.24, 2.45) is 5.92 Å². The van der Waals surface area contributed by atoms with Crippen LogP contribution in [0.4, 0.5) is 11.8 Å². The van der Waals surface area contributed by atoms with E-state index in [9.17, 15) is 0 Å². The fourth-order valence-electron chi connectivity index (χ4n) is 1.46. The molecule has 0 aliphatic carbocycles. The van der Waals surface area contributed by atoms with Crippen LogP contribution in [0.3, 0.4) is 0 Å². The van der Waals surface area contributed by atoms with E-state index in [1.54, 1.807) is 0 Å². The molecule has 4 nitrogen and oxygen atoms in total. The van der Waals surface area contributed by atoms with Crippen molar-refractivity contribution in [3.63, 3.8) is 0 Å². The number of nitrogens with zero attached hydrogens (tertiary/aromatic N) is 2. The lowest BCUT2D eigenvalue weighted by Gasteiger charge is -2.10. The monoisotopic (exact) mass is 236 g/mol. The maximum atomic E-state index is 4.43. The molecule has 0 unspecified atom stereocenters. The minimum absolute atomic E-state index is 0.699. The van der Waals surface area contributed by atoms with Crippen LogP contribution < -0.4 is 10.6 Å². The highest BCUT2D eigenvalue weighted by Gasteiger charge is 2.01. The summed E-state index contributed by atoms with van der Waals surface area (Å²) in [4.78, 5) is 8.81. The van der Waals surface area contributed by atoms with Gasteiger partial charge in [-0.25, -0.2) is 4.98 Å². The van der Waals surface area contributed by atoms with Crippen LogP contribution in [0.5, 0.6) is 0 Å². The number of nitrogens with one attached hydrogen (secondary N) is 2. The number of hydrogen-bond donors (Lipinski definition) is 2. The van der Waals surface area contributed by atoms with E-state index < -0.39 is 0 Å². The Kier molecular flexibility index (Phi) is 5.73. The second-order valence-corrected chi connectivity index (χ2v) is 4.75. The van der Waals surface area contributed by atoms with Crippen LogP contribution in [0, 0.1) is 12.8 Å². The summed E-state index contributed by atoms with van der Waals surface area (Å²) >= 11 is 0. The van der Waals surface area contributed by atoms with Gasteiger partial charge in [-0.15, -0.1) is 0 Å². The Balaban J connectivity index is 2.55. The molecule has 0 radical (unpaired) electrons. The van der Waals surface area contributed by atoms with Crippen molar-refractivity contribution in [3.8, 4) is 0 Å². The average Bonchev–Trinajstić information content (AvgIpc) is 2.25. The number of aromatic nitrogens is 2. The van der Waals surface area contributed by atoms with Gasteiger partial charge < -0.3 is 10.6 Å². The summed E-state index contributed by atoms with van der Waals surface area (Å²) in [6, 6.07) is 1.98. The lowest BCUT2D eigenvalue weighted by molar-refractivity contribution is 0.606. The molecule has 0 saturated heterocycles. The van der Waals surface area contributed by atoms with Crippen molar-refractivity contribution in [2.75, 3.05) is 23.7 Å². The Hall–Kier alpha value is -1.32. The molecule has 0 aliphatic heterocycles. The van der Waals surface area contributed by atoms with Crippen molar-refractivity contribution in [3.05, 3.63) is 11.8 Å². The lowest BCUT2D eigenvalue weighted by atomic mass is 10.1. The quantitative estimate of drug-likeness (QED) is 0.764. The normalized spacial score (nSPS) is 10.6. The maximum Gasteiger partial charge on any atom is 0.224 e. The van der Waals surface area contributed by atoms with Gasteiger partial charge in [-0.2, -0.15) is 4.98 Å². The molecule has 1 heterocycles. The molecule has 0 fully saturated rings. The number of aryl methyl sites for hydroxylation is 1. The Morgan fingerprint density at radius 3 is 2.59 bits per heavy atom. The first kappa shape index (κ1) is 13.7. The first-order valence-electron chi connectivity index (χ1n) is 6.45. The highest BCUT2D eigenvalue weighted by Crippen LogP contribution is 2.10. The highest BCUT2D eigenvalue weighted by atomic mass is 15.1. The number of hydrogen-bond acceptors (Lipinski definition) is 4. The second-order valence-electron chi connectivity index (χ2n) is 4.75. The average molecular weight is 236 g/mol. The molecule has 0 amide bonds. The van der Waals surface area contributed by atoms with E-state index in [1.807, 2.05) is 13.0 Å². The van der Waals surface area contributed by atoms with Crippen LogP contribution in [-0.2, 0) is 0 Å². The Labute approximate surface area is 104 Å². The smallest absolute Gasteiger partial charge is 0.224 e. The molecule has 2 N–H and O–H groups in total. The summed E-state index contributed by atoms with van der Waals surface area (Å²) in [6.07, 6.45) is 2.23. The number of anilines is 2. The molecule has 0 saturated carbocycles. The van der Waals surface area contributed by atoms with Gasteiger partial charge in [0, 0.05) is 24.8 Å². The largest absolute Gasteiger partial charge is 0.370 e. The van der Waals surface area contributed by atoms with Gasteiger partial charge >= 0.3 is 0 Å². The van der Waals surface area contributed by atoms with Crippen LogP contribution >= 0.6 is 0 Å². The van der Waals surface area contributed by atoms with Crippen LogP contribution in [0.15, 0.2) is 6.07 Å². The van der Waals surface area contributed by atoms with E-state index in [0.29, 0.717) is 5.92 Å². The highest BCUT2D eigenvalue weighted by molar-refractivity contribution is 5.41. The molecule has 1 aromatic heterocycles. The fourth-order valence-corrected chi connectivity index (χ4v) is 1.46. The Morgan fingerprint density at radius 1 is 1.18 bits per heavy atom. The Bertz CT molecular complexity index is 336. The van der Waals surface area contributed by atoms with Gasteiger partial charge in [-0.05, 0) is 25.7 Å². The van der Waals surface area contributed by atoms with Gasteiger partial charge in [-0.3, -0.25) is 0 Å². The van der Waals surface area contributed by atoms with Crippen molar-refractivity contribution in [2.45, 2.75) is 40.5 Å². The molecule has 1 rings (SSSR count). The van der Waals surface area contributed by atoms with E-state index in [1.165, 1.54) is 0 Å². The van der Waals surface area contributed by atoms with E-state index in [4.69, 9.17) is 0 Å². The third-order valence-electron chi connectivity index (χ3n) is 2.42. The van der Waals surface area contributed by atoms with Gasteiger partial charge in [0.1, 0.15) is 5.82 Å². The summed E-state index contributed by atoms with van der Waals surface area (Å²) in [5.74, 6) is 2.33. The molecule has 0 atom stereocenters. The Morgan fingerprint density at radius 2 is 1.94 bits per heavy atom. The van der Waals surface area contributed by atoms with Crippen molar-refractivity contribution in [1.82, 2.24) is 9.97 Å². The number of rotatable bonds is 7.